The predicted molar refractivity (Wildman–Crippen MR) is 183 cm³/mol. The van der Waals surface area contributed by atoms with Crippen LogP contribution in [0.1, 0.15) is 0 Å². The van der Waals surface area contributed by atoms with Crippen LogP contribution in [0.25, 0.3) is 55.3 Å². The maximum Gasteiger partial charge on any atom is 0.181 e. The number of aromatic nitrogens is 1. The summed E-state index contributed by atoms with van der Waals surface area (Å²) in [5, 5.41) is 2.13. The van der Waals surface area contributed by atoms with Gasteiger partial charge >= 0.3 is 0 Å². The fourth-order valence-electron chi connectivity index (χ4n) is 5.93. The molecule has 0 N–H and O–H groups in total. The van der Waals surface area contributed by atoms with E-state index in [2.05, 4.69) is 132 Å². The van der Waals surface area contributed by atoms with Crippen molar-refractivity contribution in [3.63, 3.8) is 0 Å². The van der Waals surface area contributed by atoms with Crippen LogP contribution in [0.4, 0.5) is 17.2 Å². The van der Waals surface area contributed by atoms with Crippen LogP contribution in [0.3, 0.4) is 0 Å². The fourth-order valence-corrected chi connectivity index (χ4v) is 5.93. The minimum absolute atomic E-state index is 0.753. The number of anilines is 3. The fraction of sp³-hybridized carbons (Fsp3) is 0. The number of nitrogens with zero attached hydrogens (tertiary/aromatic N) is 2. The smallest absolute Gasteiger partial charge is 0.181 e. The van der Waals surface area contributed by atoms with Crippen molar-refractivity contribution in [1.82, 2.24) is 4.98 Å². The molecule has 0 fully saturated rings. The van der Waals surface area contributed by atoms with Crippen LogP contribution in [-0.2, 0) is 0 Å². The first-order chi connectivity index (χ1) is 21.8. The van der Waals surface area contributed by atoms with Crippen molar-refractivity contribution in [2.24, 2.45) is 0 Å². The molecular weight excluding hydrogens is 536 g/mol. The third-order valence-electron chi connectivity index (χ3n) is 8.15. The quantitative estimate of drug-likeness (QED) is 0.201. The highest BCUT2D eigenvalue weighted by Gasteiger charge is 2.21. The minimum atomic E-state index is 0.753. The largest absolute Gasteiger partial charge is 0.452 e. The first-order valence-corrected chi connectivity index (χ1v) is 14.8. The van der Waals surface area contributed by atoms with Crippen LogP contribution in [-0.4, -0.2) is 4.98 Å². The van der Waals surface area contributed by atoms with Crippen molar-refractivity contribution in [3.8, 4) is 33.4 Å². The third kappa shape index (κ3) is 4.71. The Bertz CT molecular complexity index is 2200. The lowest BCUT2D eigenvalue weighted by Gasteiger charge is -2.25. The lowest BCUT2D eigenvalue weighted by molar-refractivity contribution is 0.667. The molecule has 3 nitrogen and oxygen atoms in total. The van der Waals surface area contributed by atoms with Gasteiger partial charge in [-0.15, -0.1) is 0 Å². The standard InChI is InChI=1S/C41H28N2O/c1-3-10-29(11-4-1)31-18-20-33(21-19-31)34-14-9-15-36(28-34)43(35-24-22-32(23-25-35)30-12-5-2-6-13-30)41-40-38(26-27-42-41)37-16-7-8-17-39(37)44-40/h1-28H. The van der Waals surface area contributed by atoms with E-state index in [9.17, 15) is 0 Å². The first-order valence-electron chi connectivity index (χ1n) is 14.8. The summed E-state index contributed by atoms with van der Waals surface area (Å²) >= 11 is 0. The molecule has 0 unspecified atom stereocenters. The van der Waals surface area contributed by atoms with Gasteiger partial charge in [-0.05, 0) is 69.8 Å². The Hall–Kier alpha value is -5.93. The van der Waals surface area contributed by atoms with Crippen LogP contribution >= 0.6 is 0 Å². The van der Waals surface area contributed by atoms with Gasteiger partial charge in [0.05, 0.1) is 0 Å². The summed E-state index contributed by atoms with van der Waals surface area (Å²) in [6.45, 7) is 0. The van der Waals surface area contributed by atoms with Crippen LogP contribution < -0.4 is 4.90 Å². The molecule has 0 aliphatic rings. The molecule has 8 aromatic rings. The summed E-state index contributed by atoms with van der Waals surface area (Å²) in [6, 6.07) is 57.2. The van der Waals surface area contributed by atoms with Crippen molar-refractivity contribution in [3.05, 3.63) is 170 Å². The Balaban J connectivity index is 1.26. The molecule has 2 heterocycles. The third-order valence-corrected chi connectivity index (χ3v) is 8.15. The summed E-state index contributed by atoms with van der Waals surface area (Å²) < 4.78 is 6.47. The Morgan fingerprint density at radius 2 is 0.955 bits per heavy atom. The van der Waals surface area contributed by atoms with Gasteiger partial charge in [0.15, 0.2) is 11.4 Å². The zero-order valence-corrected chi connectivity index (χ0v) is 24.0. The van der Waals surface area contributed by atoms with Gasteiger partial charge in [0.2, 0.25) is 0 Å². The lowest BCUT2D eigenvalue weighted by atomic mass is 10.00. The van der Waals surface area contributed by atoms with E-state index in [-0.39, 0.29) is 0 Å². The van der Waals surface area contributed by atoms with E-state index in [1.807, 2.05) is 42.6 Å². The van der Waals surface area contributed by atoms with Gasteiger partial charge in [-0.2, -0.15) is 0 Å². The number of benzene rings is 6. The highest BCUT2D eigenvalue weighted by molar-refractivity contribution is 6.09. The van der Waals surface area contributed by atoms with Crippen LogP contribution in [0, 0.1) is 0 Å². The molecule has 0 saturated heterocycles. The van der Waals surface area contributed by atoms with Gasteiger partial charge in [0.25, 0.3) is 0 Å². The average molecular weight is 565 g/mol. The molecule has 6 aromatic carbocycles. The number of pyridine rings is 1. The number of fused-ring (bicyclic) bond motifs is 3. The van der Waals surface area contributed by atoms with E-state index < -0.39 is 0 Å². The van der Waals surface area contributed by atoms with E-state index in [1.54, 1.807) is 0 Å². The van der Waals surface area contributed by atoms with Crippen LogP contribution in [0.5, 0.6) is 0 Å². The number of hydrogen-bond acceptors (Lipinski definition) is 3. The normalized spacial score (nSPS) is 11.2. The van der Waals surface area contributed by atoms with Gasteiger partial charge < -0.3 is 4.42 Å². The second-order valence-corrected chi connectivity index (χ2v) is 10.9. The van der Waals surface area contributed by atoms with Crippen LogP contribution in [0.2, 0.25) is 0 Å². The zero-order valence-electron chi connectivity index (χ0n) is 24.0. The van der Waals surface area contributed by atoms with Crippen molar-refractivity contribution in [2.75, 3.05) is 4.90 Å². The van der Waals surface area contributed by atoms with Gasteiger partial charge in [0.1, 0.15) is 5.58 Å². The maximum absolute atomic E-state index is 6.47. The topological polar surface area (TPSA) is 29.3 Å². The first kappa shape index (κ1) is 25.8. The molecule has 0 spiro atoms. The van der Waals surface area contributed by atoms with Crippen molar-refractivity contribution in [2.45, 2.75) is 0 Å². The van der Waals surface area contributed by atoms with Crippen molar-refractivity contribution in [1.29, 1.82) is 0 Å². The molecule has 0 bridgehead atoms. The molecule has 0 saturated carbocycles. The Morgan fingerprint density at radius 1 is 0.409 bits per heavy atom. The van der Waals surface area contributed by atoms with E-state index >= 15 is 0 Å². The lowest BCUT2D eigenvalue weighted by Crippen LogP contribution is -2.12. The highest BCUT2D eigenvalue weighted by Crippen LogP contribution is 2.42. The van der Waals surface area contributed by atoms with Crippen LogP contribution in [0.15, 0.2) is 174 Å². The number of hydrogen-bond donors (Lipinski definition) is 0. The summed E-state index contributed by atoms with van der Waals surface area (Å²) in [4.78, 5) is 7.11. The molecular formula is C41H28N2O. The summed E-state index contributed by atoms with van der Waals surface area (Å²) in [6.07, 6.45) is 1.87. The van der Waals surface area contributed by atoms with E-state index in [4.69, 9.17) is 9.40 Å². The Morgan fingerprint density at radius 3 is 1.64 bits per heavy atom. The second kappa shape index (κ2) is 11.0. The van der Waals surface area contributed by atoms with E-state index in [1.165, 1.54) is 16.7 Å². The Kier molecular flexibility index (Phi) is 6.47. The SMILES string of the molecule is c1ccc(-c2ccc(-c3cccc(N(c4ccc(-c5ccccc5)cc4)c4nccc5c4oc4ccccc45)c3)cc2)cc1. The summed E-state index contributed by atoms with van der Waals surface area (Å²) in [5.74, 6) is 0.753. The maximum atomic E-state index is 6.47. The zero-order chi connectivity index (χ0) is 29.3. The number of furan rings is 1. The predicted octanol–water partition coefficient (Wildman–Crippen LogP) is 11.5. The van der Waals surface area contributed by atoms with Gasteiger partial charge in [-0.3, -0.25) is 4.90 Å². The van der Waals surface area contributed by atoms with Gasteiger partial charge in [0, 0.05) is 28.3 Å². The molecule has 8 rings (SSSR count). The Labute approximate surface area is 256 Å². The number of para-hydroxylation sites is 1. The summed E-state index contributed by atoms with van der Waals surface area (Å²) in [7, 11) is 0. The number of rotatable bonds is 6. The van der Waals surface area contributed by atoms with Gasteiger partial charge in [-0.1, -0.05) is 127 Å². The molecule has 208 valence electrons. The average Bonchev–Trinajstić information content (AvgIpc) is 3.49. The molecule has 0 amide bonds. The monoisotopic (exact) mass is 564 g/mol. The molecule has 0 aliphatic heterocycles. The molecule has 2 aromatic heterocycles. The van der Waals surface area contributed by atoms with E-state index in [0.717, 1.165) is 55.8 Å². The highest BCUT2D eigenvalue weighted by atomic mass is 16.3. The summed E-state index contributed by atoms with van der Waals surface area (Å²) in [5.41, 5.74) is 10.7. The van der Waals surface area contributed by atoms with Crippen molar-refractivity contribution >= 4 is 39.1 Å². The van der Waals surface area contributed by atoms with E-state index in [0.29, 0.717) is 0 Å². The van der Waals surface area contributed by atoms with Gasteiger partial charge in [-0.25, -0.2) is 4.98 Å². The second-order valence-electron chi connectivity index (χ2n) is 10.9. The molecule has 0 aliphatic carbocycles. The molecule has 0 radical (unpaired) electrons. The molecule has 3 heteroatoms. The molecule has 44 heavy (non-hydrogen) atoms. The minimum Gasteiger partial charge on any atom is -0.452 e. The van der Waals surface area contributed by atoms with Crippen molar-refractivity contribution < 1.29 is 4.42 Å². The molecule has 0 atom stereocenters.